The highest BCUT2D eigenvalue weighted by Gasteiger charge is 2.16. The first-order valence-electron chi connectivity index (χ1n) is 11.1. The van der Waals surface area contributed by atoms with Gasteiger partial charge < -0.3 is 30.2 Å². The number of aryl methyl sites for hydroxylation is 1. The molecule has 0 fully saturated rings. The first-order valence-corrected chi connectivity index (χ1v) is 11.1. The largest absolute Gasteiger partial charge is 0.508 e. The van der Waals surface area contributed by atoms with Gasteiger partial charge in [0.1, 0.15) is 11.5 Å². The van der Waals surface area contributed by atoms with Crippen LogP contribution in [0.25, 0.3) is 11.2 Å². The van der Waals surface area contributed by atoms with E-state index >= 15 is 0 Å². The molecule has 0 aliphatic rings. The van der Waals surface area contributed by atoms with Crippen molar-refractivity contribution in [2.24, 2.45) is 0 Å². The van der Waals surface area contributed by atoms with Gasteiger partial charge in [0.05, 0.1) is 19.0 Å². The standard InChI is InChI=1S/C23H34N6O3/c1-5-6-7-12-29-15-26-19-20(25-14-16-13-17(32-4)8-9-18(16)30)27-22(28-21(19)29)24-11-10-23(2,3)31/h8-9,13,15,30-31H,5-7,10-12,14H2,1-4H3,(H2,24,25,27,28). The van der Waals surface area contributed by atoms with Crippen molar-refractivity contribution >= 4 is 22.9 Å². The summed E-state index contributed by atoms with van der Waals surface area (Å²) in [4.78, 5) is 13.8. The highest BCUT2D eigenvalue weighted by molar-refractivity contribution is 5.84. The number of aromatic hydroxyl groups is 1. The van der Waals surface area contributed by atoms with Crippen molar-refractivity contribution in [1.29, 1.82) is 0 Å². The molecule has 2 aromatic heterocycles. The minimum Gasteiger partial charge on any atom is -0.508 e. The Morgan fingerprint density at radius 3 is 2.69 bits per heavy atom. The molecule has 0 aliphatic carbocycles. The Kier molecular flexibility index (Phi) is 7.74. The van der Waals surface area contributed by atoms with Gasteiger partial charge in [-0.15, -0.1) is 0 Å². The molecule has 0 saturated carbocycles. The number of anilines is 2. The maximum atomic E-state index is 10.2. The zero-order valence-electron chi connectivity index (χ0n) is 19.4. The van der Waals surface area contributed by atoms with Crippen molar-refractivity contribution in [3.63, 3.8) is 0 Å². The number of rotatable bonds is 12. The van der Waals surface area contributed by atoms with Crippen LogP contribution in [0, 0.1) is 0 Å². The van der Waals surface area contributed by atoms with Gasteiger partial charge in [-0.25, -0.2) is 4.98 Å². The van der Waals surface area contributed by atoms with E-state index in [0.717, 1.165) is 31.5 Å². The molecule has 0 aliphatic heterocycles. The van der Waals surface area contributed by atoms with Crippen molar-refractivity contribution in [3.8, 4) is 11.5 Å². The van der Waals surface area contributed by atoms with Crippen molar-refractivity contribution in [3.05, 3.63) is 30.1 Å². The van der Waals surface area contributed by atoms with E-state index in [0.29, 0.717) is 48.1 Å². The second-order valence-electron chi connectivity index (χ2n) is 8.55. The molecule has 3 aromatic rings. The summed E-state index contributed by atoms with van der Waals surface area (Å²) in [5, 5.41) is 26.7. The van der Waals surface area contributed by atoms with Crippen molar-refractivity contribution < 1.29 is 14.9 Å². The van der Waals surface area contributed by atoms with Crippen molar-refractivity contribution in [2.45, 2.75) is 65.1 Å². The van der Waals surface area contributed by atoms with E-state index in [-0.39, 0.29) is 5.75 Å². The minimum absolute atomic E-state index is 0.178. The number of phenolic OH excluding ortho intramolecular Hbond substituents is 1. The van der Waals surface area contributed by atoms with Gasteiger partial charge in [0.2, 0.25) is 5.95 Å². The van der Waals surface area contributed by atoms with Crippen molar-refractivity contribution in [2.75, 3.05) is 24.3 Å². The SMILES string of the molecule is CCCCCn1cnc2c(NCc3cc(OC)ccc3O)nc(NCCC(C)(C)O)nc21. The third-order valence-electron chi connectivity index (χ3n) is 5.22. The zero-order valence-corrected chi connectivity index (χ0v) is 19.4. The van der Waals surface area contributed by atoms with Crippen LogP contribution in [0.4, 0.5) is 11.8 Å². The fourth-order valence-corrected chi connectivity index (χ4v) is 3.33. The summed E-state index contributed by atoms with van der Waals surface area (Å²) in [6.07, 6.45) is 5.69. The van der Waals surface area contributed by atoms with Crippen LogP contribution in [-0.2, 0) is 13.1 Å². The number of aromatic nitrogens is 4. The summed E-state index contributed by atoms with van der Waals surface area (Å²) < 4.78 is 7.31. The number of benzene rings is 1. The predicted molar refractivity (Wildman–Crippen MR) is 126 cm³/mol. The molecular formula is C23H34N6O3. The molecule has 0 radical (unpaired) electrons. The average Bonchev–Trinajstić information content (AvgIpc) is 3.15. The lowest BCUT2D eigenvalue weighted by atomic mass is 10.1. The number of imidazole rings is 1. The van der Waals surface area contributed by atoms with Crippen molar-refractivity contribution in [1.82, 2.24) is 19.5 Å². The Labute approximate surface area is 188 Å². The van der Waals surface area contributed by atoms with Gasteiger partial charge in [-0.05, 0) is 44.9 Å². The van der Waals surface area contributed by atoms with Crippen LogP contribution in [0.15, 0.2) is 24.5 Å². The Bertz CT molecular complexity index is 1030. The number of phenols is 1. The Morgan fingerprint density at radius 2 is 1.97 bits per heavy atom. The van der Waals surface area contributed by atoms with Gasteiger partial charge in [0.25, 0.3) is 0 Å². The number of nitrogens with one attached hydrogen (secondary N) is 2. The molecule has 0 atom stereocenters. The number of unbranched alkanes of at least 4 members (excludes halogenated alkanes) is 2. The average molecular weight is 443 g/mol. The molecule has 4 N–H and O–H groups in total. The minimum atomic E-state index is -0.774. The van der Waals surface area contributed by atoms with E-state index in [2.05, 4.69) is 32.5 Å². The van der Waals surface area contributed by atoms with Crippen LogP contribution in [0.3, 0.4) is 0 Å². The Balaban J connectivity index is 1.87. The van der Waals surface area contributed by atoms with E-state index in [1.54, 1.807) is 45.5 Å². The number of methoxy groups -OCH3 is 1. The number of nitrogens with zero attached hydrogens (tertiary/aromatic N) is 4. The molecule has 3 rings (SSSR count). The van der Waals surface area contributed by atoms with Gasteiger partial charge in [-0.3, -0.25) is 0 Å². The van der Waals surface area contributed by atoms with E-state index < -0.39 is 5.60 Å². The molecule has 2 heterocycles. The van der Waals surface area contributed by atoms with Gasteiger partial charge in [0.15, 0.2) is 17.0 Å². The second kappa shape index (κ2) is 10.5. The van der Waals surface area contributed by atoms with Gasteiger partial charge >= 0.3 is 0 Å². The quantitative estimate of drug-likeness (QED) is 0.312. The summed E-state index contributed by atoms with van der Waals surface area (Å²) in [7, 11) is 1.59. The fourth-order valence-electron chi connectivity index (χ4n) is 3.33. The third-order valence-corrected chi connectivity index (χ3v) is 5.22. The van der Waals surface area contributed by atoms with E-state index in [4.69, 9.17) is 4.74 Å². The number of hydrogen-bond acceptors (Lipinski definition) is 8. The van der Waals surface area contributed by atoms with Gasteiger partial charge in [-0.2, -0.15) is 9.97 Å². The first kappa shape index (κ1) is 23.6. The third kappa shape index (κ3) is 6.23. The topological polar surface area (TPSA) is 117 Å². The van der Waals surface area contributed by atoms with Crippen LogP contribution >= 0.6 is 0 Å². The van der Waals surface area contributed by atoms with Crippen LogP contribution in [0.5, 0.6) is 11.5 Å². The lowest BCUT2D eigenvalue weighted by Gasteiger charge is -2.17. The number of hydrogen-bond donors (Lipinski definition) is 4. The molecule has 9 heteroatoms. The lowest BCUT2D eigenvalue weighted by molar-refractivity contribution is 0.0748. The summed E-state index contributed by atoms with van der Waals surface area (Å²) >= 11 is 0. The molecule has 0 bridgehead atoms. The Hall–Kier alpha value is -3.07. The van der Waals surface area contributed by atoms with Crippen LogP contribution < -0.4 is 15.4 Å². The summed E-state index contributed by atoms with van der Waals surface area (Å²) in [6.45, 7) is 7.44. The monoisotopic (exact) mass is 442 g/mol. The summed E-state index contributed by atoms with van der Waals surface area (Å²) in [5.74, 6) is 1.90. The van der Waals surface area contributed by atoms with Crippen LogP contribution in [0.2, 0.25) is 0 Å². The molecule has 1 aromatic carbocycles. The molecular weight excluding hydrogens is 408 g/mol. The summed E-state index contributed by atoms with van der Waals surface area (Å²) in [6, 6.07) is 5.11. The van der Waals surface area contributed by atoms with Gasteiger partial charge in [-0.1, -0.05) is 19.8 Å². The van der Waals surface area contributed by atoms with Crippen LogP contribution in [0.1, 0.15) is 52.0 Å². The molecule has 32 heavy (non-hydrogen) atoms. The number of ether oxygens (including phenoxy) is 1. The number of aliphatic hydroxyl groups is 1. The van der Waals surface area contributed by atoms with E-state index in [9.17, 15) is 10.2 Å². The maximum Gasteiger partial charge on any atom is 0.226 e. The molecule has 0 saturated heterocycles. The highest BCUT2D eigenvalue weighted by Crippen LogP contribution is 2.26. The predicted octanol–water partition coefficient (Wildman–Crippen LogP) is 3.92. The van der Waals surface area contributed by atoms with E-state index in [1.807, 2.05) is 4.57 Å². The Morgan fingerprint density at radius 1 is 1.16 bits per heavy atom. The van der Waals surface area contributed by atoms with Crippen LogP contribution in [-0.4, -0.2) is 49.0 Å². The normalized spacial score (nSPS) is 11.7. The smallest absolute Gasteiger partial charge is 0.226 e. The summed E-state index contributed by atoms with van der Waals surface area (Å²) in [5.41, 5.74) is 1.34. The molecule has 0 unspecified atom stereocenters. The second-order valence-corrected chi connectivity index (χ2v) is 8.55. The molecule has 0 amide bonds. The maximum absolute atomic E-state index is 10.2. The highest BCUT2D eigenvalue weighted by atomic mass is 16.5. The lowest BCUT2D eigenvalue weighted by Crippen LogP contribution is -2.23. The molecule has 174 valence electrons. The van der Waals surface area contributed by atoms with E-state index in [1.165, 1.54) is 0 Å². The molecule has 0 spiro atoms. The number of fused-ring (bicyclic) bond motifs is 1. The molecule has 9 nitrogen and oxygen atoms in total. The van der Waals surface area contributed by atoms with Gasteiger partial charge in [0, 0.05) is 25.2 Å². The zero-order chi connectivity index (χ0) is 23.1. The fraction of sp³-hybridized carbons (Fsp3) is 0.522. The first-order chi connectivity index (χ1) is 15.3.